The number of carbonyl (C=O) groups is 1. The Labute approximate surface area is 133 Å². The smallest absolute Gasteiger partial charge is 0.184 e. The van der Waals surface area contributed by atoms with E-state index in [0.717, 1.165) is 11.3 Å². The Bertz CT molecular complexity index is 748. The molecule has 0 aromatic heterocycles. The van der Waals surface area contributed by atoms with Crippen LogP contribution < -0.4 is 5.32 Å². The summed E-state index contributed by atoms with van der Waals surface area (Å²) in [4.78, 5) is 12.6. The predicted molar refractivity (Wildman–Crippen MR) is 89.4 cm³/mol. The van der Waals surface area contributed by atoms with Gasteiger partial charge in [-0.15, -0.1) is 11.8 Å². The Balaban J connectivity index is 1.89. The molecule has 0 amide bonds. The van der Waals surface area contributed by atoms with Crippen molar-refractivity contribution in [1.29, 1.82) is 5.26 Å². The SMILES string of the molecule is N#CC1=C(Nc2ccccc2)SCC(c2ccccc2)C1=O. The normalized spacial score (nSPS) is 18.0. The van der Waals surface area contributed by atoms with Gasteiger partial charge in [0.2, 0.25) is 0 Å². The van der Waals surface area contributed by atoms with Gasteiger partial charge in [-0.05, 0) is 17.7 Å². The van der Waals surface area contributed by atoms with E-state index in [9.17, 15) is 10.1 Å². The fourth-order valence-electron chi connectivity index (χ4n) is 2.39. The van der Waals surface area contributed by atoms with Crippen LogP contribution in [0.15, 0.2) is 71.3 Å². The van der Waals surface area contributed by atoms with Crippen LogP contribution in [-0.4, -0.2) is 11.5 Å². The molecule has 0 bridgehead atoms. The first kappa shape index (κ1) is 14.4. The molecule has 0 radical (unpaired) electrons. The maximum Gasteiger partial charge on any atom is 0.184 e. The zero-order valence-electron chi connectivity index (χ0n) is 11.8. The van der Waals surface area contributed by atoms with E-state index in [4.69, 9.17) is 0 Å². The number of thioether (sulfide) groups is 1. The van der Waals surface area contributed by atoms with Crippen molar-refractivity contribution >= 4 is 23.2 Å². The van der Waals surface area contributed by atoms with Crippen LogP contribution >= 0.6 is 11.8 Å². The first-order valence-corrected chi connectivity index (χ1v) is 7.96. The largest absolute Gasteiger partial charge is 0.349 e. The molecule has 0 saturated heterocycles. The molecule has 0 spiro atoms. The number of benzene rings is 2. The molecule has 0 fully saturated rings. The van der Waals surface area contributed by atoms with E-state index in [-0.39, 0.29) is 17.3 Å². The molecular weight excluding hydrogens is 292 g/mol. The van der Waals surface area contributed by atoms with Crippen LogP contribution in [0.1, 0.15) is 11.5 Å². The number of rotatable bonds is 3. The fourth-order valence-corrected chi connectivity index (χ4v) is 3.55. The minimum absolute atomic E-state index is 0.106. The molecule has 2 aromatic rings. The molecule has 0 saturated carbocycles. The van der Waals surface area contributed by atoms with Crippen molar-refractivity contribution in [3.05, 3.63) is 76.8 Å². The highest BCUT2D eigenvalue weighted by Crippen LogP contribution is 2.36. The summed E-state index contributed by atoms with van der Waals surface area (Å²) in [7, 11) is 0. The molecule has 3 nitrogen and oxygen atoms in total. The van der Waals surface area contributed by atoms with Crippen LogP contribution in [0, 0.1) is 11.3 Å². The van der Waals surface area contributed by atoms with Gasteiger partial charge in [0.25, 0.3) is 0 Å². The highest BCUT2D eigenvalue weighted by atomic mass is 32.2. The molecule has 4 heteroatoms. The lowest BCUT2D eigenvalue weighted by molar-refractivity contribution is -0.116. The average Bonchev–Trinajstić information content (AvgIpc) is 2.57. The Morgan fingerprint density at radius 2 is 1.68 bits per heavy atom. The number of nitrogens with one attached hydrogen (secondary N) is 1. The molecule has 22 heavy (non-hydrogen) atoms. The molecule has 1 N–H and O–H groups in total. The Morgan fingerprint density at radius 3 is 2.32 bits per heavy atom. The Hall–Kier alpha value is -2.51. The van der Waals surface area contributed by atoms with E-state index in [1.165, 1.54) is 11.8 Å². The molecule has 1 aliphatic heterocycles. The van der Waals surface area contributed by atoms with Gasteiger partial charge >= 0.3 is 0 Å². The number of anilines is 1. The summed E-state index contributed by atoms with van der Waals surface area (Å²) >= 11 is 1.52. The van der Waals surface area contributed by atoms with Crippen LogP contribution in [0.2, 0.25) is 0 Å². The molecule has 0 aliphatic carbocycles. The van der Waals surface area contributed by atoms with Crippen LogP contribution in [0.4, 0.5) is 5.69 Å². The maximum absolute atomic E-state index is 12.6. The lowest BCUT2D eigenvalue weighted by Gasteiger charge is -2.23. The summed E-state index contributed by atoms with van der Waals surface area (Å²) in [5.74, 6) is 0.288. The van der Waals surface area contributed by atoms with Gasteiger partial charge < -0.3 is 5.32 Å². The molecule has 1 atom stereocenters. The summed E-state index contributed by atoms with van der Waals surface area (Å²) in [6.45, 7) is 0. The molecule has 3 rings (SSSR count). The summed E-state index contributed by atoms with van der Waals surface area (Å²) in [6.07, 6.45) is 0. The second-order valence-corrected chi connectivity index (χ2v) is 5.98. The third-order valence-electron chi connectivity index (χ3n) is 3.53. The molecule has 2 aromatic carbocycles. The topological polar surface area (TPSA) is 52.9 Å². The summed E-state index contributed by atoms with van der Waals surface area (Å²) in [6, 6.07) is 21.3. The van der Waals surface area contributed by atoms with Crippen LogP contribution in [0.25, 0.3) is 0 Å². The van der Waals surface area contributed by atoms with Gasteiger partial charge in [-0.25, -0.2) is 0 Å². The minimum Gasteiger partial charge on any atom is -0.349 e. The summed E-state index contributed by atoms with van der Waals surface area (Å²) in [5, 5.41) is 13.2. The van der Waals surface area contributed by atoms with Crippen molar-refractivity contribution in [3.63, 3.8) is 0 Å². The first-order valence-electron chi connectivity index (χ1n) is 6.98. The molecular formula is C18H14N2OS. The van der Waals surface area contributed by atoms with E-state index >= 15 is 0 Å². The lowest BCUT2D eigenvalue weighted by atomic mass is 9.92. The van der Waals surface area contributed by atoms with Crippen molar-refractivity contribution in [1.82, 2.24) is 0 Å². The second-order valence-electron chi connectivity index (χ2n) is 4.95. The van der Waals surface area contributed by atoms with Crippen LogP contribution in [0.5, 0.6) is 0 Å². The number of hydrogen-bond acceptors (Lipinski definition) is 4. The monoisotopic (exact) mass is 306 g/mol. The van der Waals surface area contributed by atoms with Gasteiger partial charge in [0.15, 0.2) is 5.78 Å². The number of hydrogen-bond donors (Lipinski definition) is 1. The number of para-hydroxylation sites is 1. The van der Waals surface area contributed by atoms with E-state index in [1.807, 2.05) is 60.7 Å². The van der Waals surface area contributed by atoms with Gasteiger partial charge in [0.1, 0.15) is 11.6 Å². The maximum atomic E-state index is 12.6. The van der Waals surface area contributed by atoms with E-state index in [0.29, 0.717) is 10.8 Å². The van der Waals surface area contributed by atoms with Crippen molar-refractivity contribution in [2.45, 2.75) is 5.92 Å². The van der Waals surface area contributed by atoms with Crippen molar-refractivity contribution < 1.29 is 4.79 Å². The predicted octanol–water partition coefficient (Wildman–Crippen LogP) is 3.93. The summed E-state index contributed by atoms with van der Waals surface area (Å²) in [5.41, 5.74) is 2.06. The van der Waals surface area contributed by atoms with E-state index in [1.54, 1.807) is 0 Å². The first-order chi connectivity index (χ1) is 10.8. The number of nitriles is 1. The van der Waals surface area contributed by atoms with E-state index in [2.05, 4.69) is 11.4 Å². The number of Topliss-reactive ketones (excluding diaryl/α,β-unsaturated/α-hetero) is 1. The van der Waals surface area contributed by atoms with Gasteiger partial charge in [-0.2, -0.15) is 5.26 Å². The number of ketones is 1. The van der Waals surface area contributed by atoms with Crippen LogP contribution in [0.3, 0.4) is 0 Å². The molecule has 1 heterocycles. The third-order valence-corrected chi connectivity index (χ3v) is 4.62. The zero-order chi connectivity index (χ0) is 15.4. The van der Waals surface area contributed by atoms with Gasteiger partial charge in [-0.1, -0.05) is 48.5 Å². The highest BCUT2D eigenvalue weighted by molar-refractivity contribution is 8.03. The van der Waals surface area contributed by atoms with Gasteiger partial charge in [-0.3, -0.25) is 4.79 Å². The van der Waals surface area contributed by atoms with Crippen molar-refractivity contribution in [2.75, 3.05) is 11.1 Å². The standard InChI is InChI=1S/C18H14N2OS/c19-11-15-17(21)16(13-7-3-1-4-8-13)12-22-18(15)20-14-9-5-2-6-10-14/h1-10,16,20H,12H2. The summed E-state index contributed by atoms with van der Waals surface area (Å²) < 4.78 is 0. The highest BCUT2D eigenvalue weighted by Gasteiger charge is 2.31. The van der Waals surface area contributed by atoms with Gasteiger partial charge in [0.05, 0.1) is 10.9 Å². The van der Waals surface area contributed by atoms with Crippen molar-refractivity contribution in [3.8, 4) is 6.07 Å². The molecule has 1 aliphatic rings. The fraction of sp³-hybridized carbons (Fsp3) is 0.111. The second kappa shape index (κ2) is 6.50. The van der Waals surface area contributed by atoms with Gasteiger partial charge in [0, 0.05) is 11.4 Å². The number of nitrogens with zero attached hydrogens (tertiary/aromatic N) is 1. The van der Waals surface area contributed by atoms with Crippen LogP contribution in [-0.2, 0) is 4.79 Å². The number of allylic oxidation sites excluding steroid dienone is 1. The average molecular weight is 306 g/mol. The number of carbonyl (C=O) groups excluding carboxylic acids is 1. The Kier molecular flexibility index (Phi) is 4.27. The van der Waals surface area contributed by atoms with E-state index < -0.39 is 0 Å². The zero-order valence-corrected chi connectivity index (χ0v) is 12.6. The van der Waals surface area contributed by atoms with Crippen molar-refractivity contribution in [2.24, 2.45) is 0 Å². The molecule has 1 unspecified atom stereocenters. The molecule has 108 valence electrons. The minimum atomic E-state index is -0.248. The Morgan fingerprint density at radius 1 is 1.05 bits per heavy atom. The lowest BCUT2D eigenvalue weighted by Crippen LogP contribution is -2.23. The third kappa shape index (κ3) is 2.90. The quantitative estimate of drug-likeness (QED) is 0.933.